The number of halogens is 4. The monoisotopic (exact) mass is 867 g/mol. The largest absolute Gasteiger partial charge is 0.488 e. The maximum atomic E-state index is 15.0. The molecule has 1 aromatic carbocycles. The van der Waals surface area contributed by atoms with Gasteiger partial charge in [0.1, 0.15) is 35.0 Å². The number of aromatic nitrogens is 1. The van der Waals surface area contributed by atoms with E-state index in [1.807, 2.05) is 6.92 Å². The van der Waals surface area contributed by atoms with Crippen molar-refractivity contribution in [2.75, 3.05) is 6.54 Å². The van der Waals surface area contributed by atoms with Crippen LogP contribution in [0.2, 0.25) is 5.02 Å². The number of rotatable bonds is 9. The minimum atomic E-state index is -5.10. The number of alkyl halides is 3. The van der Waals surface area contributed by atoms with Gasteiger partial charge in [0, 0.05) is 23.1 Å². The molecule has 7 atom stereocenters. The van der Waals surface area contributed by atoms with Crippen molar-refractivity contribution in [3.63, 3.8) is 0 Å². The lowest BCUT2D eigenvalue weighted by atomic mass is 9.85. The number of sulfonamides is 1. The Labute approximate surface area is 345 Å². The molecule has 59 heavy (non-hydrogen) atoms. The van der Waals surface area contributed by atoms with Crippen molar-refractivity contribution >= 4 is 56.2 Å². The number of ether oxygens (including phenoxy) is 2. The topological polar surface area (TPSA) is 185 Å². The standard InChI is InChI=1S/C40H49ClF3N5O9S/c1-21-8-5-6-9-23-18-39(23,36(52)47-59(55,56)26-14-15-26)46-33(50)29-17-25(58-34-27-10-7-11-28(41)31(27)30(19-45-34)57-24-12-13-24)20-48(29)35(51)32(22(2)16-21)49(37(53)54)38(3,4)40(42,43)44/h6-7,9-11,19,21-26,29,32H,5,8,12-18,20H2,1-4H3,(H,46,50)(H,47,52)(H,53,54)/t21-,22-,23-,25-,29+,32+,39-/m1/s1. The number of nitrogens with one attached hydrogen (secondary N) is 2. The first-order valence-electron chi connectivity index (χ1n) is 20.0. The maximum Gasteiger partial charge on any atom is 0.411 e. The first-order valence-corrected chi connectivity index (χ1v) is 21.9. The molecular weight excluding hydrogens is 819 g/mol. The van der Waals surface area contributed by atoms with Crippen LogP contribution in [-0.2, 0) is 24.4 Å². The zero-order chi connectivity index (χ0) is 42.8. The summed E-state index contributed by atoms with van der Waals surface area (Å²) in [5.74, 6) is -4.13. The lowest BCUT2D eigenvalue weighted by Gasteiger charge is -2.45. The summed E-state index contributed by atoms with van der Waals surface area (Å²) in [6.07, 6.45) is 0.349. The minimum Gasteiger partial charge on any atom is -0.488 e. The first kappa shape index (κ1) is 42.8. The molecule has 0 spiro atoms. The third-order valence-corrected chi connectivity index (χ3v) is 14.4. The molecule has 0 unspecified atom stereocenters. The molecule has 0 bridgehead atoms. The summed E-state index contributed by atoms with van der Waals surface area (Å²) >= 11 is 6.62. The second kappa shape index (κ2) is 15.6. The molecule has 3 aliphatic carbocycles. The second-order valence-corrected chi connectivity index (χ2v) is 19.7. The number of amides is 4. The average molecular weight is 868 g/mol. The van der Waals surface area contributed by atoms with E-state index in [0.717, 1.165) is 17.7 Å². The third-order valence-electron chi connectivity index (χ3n) is 12.2. The van der Waals surface area contributed by atoms with E-state index in [9.17, 15) is 41.1 Å². The highest BCUT2D eigenvalue weighted by Crippen LogP contribution is 2.47. The minimum absolute atomic E-state index is 0.0116. The number of carboxylic acid groups (broad SMARTS) is 1. The van der Waals surface area contributed by atoms with Crippen LogP contribution in [-0.4, -0.2) is 105 Å². The number of pyridine rings is 1. The van der Waals surface area contributed by atoms with Gasteiger partial charge in [-0.1, -0.05) is 43.7 Å². The molecule has 3 saturated carbocycles. The van der Waals surface area contributed by atoms with Crippen LogP contribution in [0.3, 0.4) is 0 Å². The van der Waals surface area contributed by atoms with Gasteiger partial charge in [-0.3, -0.25) is 24.0 Å². The van der Waals surface area contributed by atoms with Crippen LogP contribution in [0.15, 0.2) is 36.5 Å². The fourth-order valence-corrected chi connectivity index (χ4v) is 10.0. The molecule has 4 fully saturated rings. The number of fused-ring (bicyclic) bond motifs is 3. The molecule has 322 valence electrons. The highest BCUT2D eigenvalue weighted by atomic mass is 35.5. The van der Waals surface area contributed by atoms with Crippen molar-refractivity contribution in [1.29, 1.82) is 0 Å². The molecule has 1 aromatic heterocycles. The molecular formula is C40H49ClF3N5O9S. The predicted octanol–water partition coefficient (Wildman–Crippen LogP) is 5.96. The van der Waals surface area contributed by atoms with E-state index >= 15 is 4.79 Å². The molecule has 14 nitrogen and oxygen atoms in total. The summed E-state index contributed by atoms with van der Waals surface area (Å²) in [6, 6.07) is 1.66. The Balaban J connectivity index is 1.29. The summed E-state index contributed by atoms with van der Waals surface area (Å²) in [5, 5.41) is 13.8. The Morgan fingerprint density at radius 3 is 2.42 bits per heavy atom. The van der Waals surface area contributed by atoms with Gasteiger partial charge in [-0.2, -0.15) is 13.2 Å². The number of nitrogens with zero attached hydrogens (tertiary/aromatic N) is 3. The number of carbonyl (C=O) groups excluding carboxylic acids is 3. The number of allylic oxidation sites excluding steroid dienone is 1. The van der Waals surface area contributed by atoms with Gasteiger partial charge in [-0.15, -0.1) is 0 Å². The van der Waals surface area contributed by atoms with Crippen LogP contribution >= 0.6 is 11.6 Å². The van der Waals surface area contributed by atoms with Gasteiger partial charge in [0.15, 0.2) is 0 Å². The Morgan fingerprint density at radius 2 is 1.78 bits per heavy atom. The SMILES string of the molecule is C[C@@H]1CCC=C[C@@H]2C[C@@]2(C(=O)NS(=O)(=O)C2CC2)NC(=O)[C@@H]2C[C@@H](Oc3ncc(OC4CC4)c4c(Cl)cccc34)CN2C(=O)[C@@H](N(C(=O)O)C(C)(C)C(F)(F)F)[C@H](C)C1. The number of hydrogen-bond donors (Lipinski definition) is 3. The molecule has 19 heteroatoms. The molecule has 4 amide bonds. The molecule has 1 saturated heterocycles. The fourth-order valence-electron chi connectivity index (χ4n) is 8.40. The third kappa shape index (κ3) is 8.53. The normalized spacial score (nSPS) is 29.4. The molecule has 3 heterocycles. The maximum absolute atomic E-state index is 15.0. The molecule has 7 rings (SSSR count). The van der Waals surface area contributed by atoms with Crippen LogP contribution in [0.5, 0.6) is 11.6 Å². The second-order valence-electron chi connectivity index (χ2n) is 17.3. The van der Waals surface area contributed by atoms with Crippen molar-refractivity contribution < 1.29 is 55.3 Å². The molecule has 2 aromatic rings. The van der Waals surface area contributed by atoms with E-state index in [2.05, 4.69) is 15.0 Å². The van der Waals surface area contributed by atoms with Crippen molar-refractivity contribution in [2.45, 2.75) is 132 Å². The van der Waals surface area contributed by atoms with Crippen LogP contribution in [0.1, 0.15) is 85.5 Å². The van der Waals surface area contributed by atoms with E-state index in [0.29, 0.717) is 61.1 Å². The van der Waals surface area contributed by atoms with Crippen LogP contribution in [0, 0.1) is 17.8 Å². The Bertz CT molecular complexity index is 2170. The predicted molar refractivity (Wildman–Crippen MR) is 209 cm³/mol. The van der Waals surface area contributed by atoms with E-state index in [1.165, 1.54) is 13.1 Å². The molecule has 5 aliphatic rings. The number of carbonyl (C=O) groups is 4. The quantitative estimate of drug-likeness (QED) is 0.254. The highest BCUT2D eigenvalue weighted by Gasteiger charge is 2.63. The van der Waals surface area contributed by atoms with Gasteiger partial charge in [0.25, 0.3) is 5.91 Å². The Morgan fingerprint density at radius 1 is 1.07 bits per heavy atom. The summed E-state index contributed by atoms with van der Waals surface area (Å²) in [6.45, 7) is 4.37. The summed E-state index contributed by atoms with van der Waals surface area (Å²) in [5.41, 5.74) is -4.75. The Kier molecular flexibility index (Phi) is 11.3. The summed E-state index contributed by atoms with van der Waals surface area (Å²) in [7, 11) is -4.03. The highest BCUT2D eigenvalue weighted by molar-refractivity contribution is 7.91. The summed E-state index contributed by atoms with van der Waals surface area (Å²) in [4.78, 5) is 62.0. The molecule has 3 N–H and O–H groups in total. The van der Waals surface area contributed by atoms with Crippen molar-refractivity contribution in [1.82, 2.24) is 24.8 Å². The van der Waals surface area contributed by atoms with Gasteiger partial charge in [-0.25, -0.2) is 18.2 Å². The zero-order valence-electron chi connectivity index (χ0n) is 33.1. The molecule has 0 radical (unpaired) electrons. The van der Waals surface area contributed by atoms with E-state index < -0.39 is 86.4 Å². The van der Waals surface area contributed by atoms with E-state index in [4.69, 9.17) is 21.1 Å². The summed E-state index contributed by atoms with van der Waals surface area (Å²) < 4.78 is 84.6. The number of hydrogen-bond acceptors (Lipinski definition) is 9. The van der Waals surface area contributed by atoms with Gasteiger partial charge in [0.05, 0.1) is 29.1 Å². The lowest BCUT2D eigenvalue weighted by Crippen LogP contribution is -2.66. The number of benzene rings is 1. The van der Waals surface area contributed by atoms with Crippen molar-refractivity contribution in [3.8, 4) is 11.6 Å². The van der Waals surface area contributed by atoms with Crippen LogP contribution < -0.4 is 19.5 Å². The van der Waals surface area contributed by atoms with Gasteiger partial charge < -0.3 is 24.8 Å². The first-order chi connectivity index (χ1) is 27.6. The zero-order valence-corrected chi connectivity index (χ0v) is 34.7. The van der Waals surface area contributed by atoms with E-state index in [-0.39, 0.29) is 48.6 Å². The smallest absolute Gasteiger partial charge is 0.411 e. The van der Waals surface area contributed by atoms with Gasteiger partial charge in [-0.05, 0) is 89.2 Å². The van der Waals surface area contributed by atoms with Crippen LogP contribution in [0.4, 0.5) is 18.0 Å². The van der Waals surface area contributed by atoms with Gasteiger partial charge >= 0.3 is 12.3 Å². The van der Waals surface area contributed by atoms with E-state index in [1.54, 1.807) is 30.4 Å². The fraction of sp³-hybridized carbons (Fsp3) is 0.625. The van der Waals surface area contributed by atoms with Crippen molar-refractivity contribution in [3.05, 3.63) is 41.6 Å². The average Bonchev–Trinajstić information content (AvgIpc) is 4.05. The van der Waals surface area contributed by atoms with Gasteiger partial charge in [0.2, 0.25) is 27.7 Å². The molecule has 2 aliphatic heterocycles. The lowest BCUT2D eigenvalue weighted by molar-refractivity contribution is -0.222. The van der Waals surface area contributed by atoms with Crippen molar-refractivity contribution in [2.24, 2.45) is 17.8 Å². The Hall–Kier alpha value is -4.32. The van der Waals surface area contributed by atoms with Crippen LogP contribution in [0.25, 0.3) is 10.8 Å².